The molecule has 1 atom stereocenters. The van der Waals surface area contributed by atoms with Crippen LogP contribution in [0.15, 0.2) is 84.4 Å². The summed E-state index contributed by atoms with van der Waals surface area (Å²) in [5.74, 6) is -0.691. The number of alkyl carbamates (subject to hydrolysis) is 1. The first kappa shape index (κ1) is 22.3. The largest absolute Gasteiger partial charge is 0.437 e. The fourth-order valence-electron chi connectivity index (χ4n) is 5.73. The fraction of sp³-hybridized carbons (Fsp3) is 0.276. The van der Waals surface area contributed by atoms with E-state index in [-0.39, 0.29) is 22.5 Å². The van der Waals surface area contributed by atoms with E-state index in [1.165, 1.54) is 24.3 Å². The third kappa shape index (κ3) is 3.03. The zero-order valence-corrected chi connectivity index (χ0v) is 19.7. The Kier molecular flexibility index (Phi) is 4.94. The molecule has 1 amide bonds. The van der Waals surface area contributed by atoms with E-state index in [4.69, 9.17) is 4.74 Å². The van der Waals surface area contributed by atoms with Gasteiger partial charge in [-0.3, -0.25) is 0 Å². The number of rotatable bonds is 3. The Balaban J connectivity index is 1.90. The molecule has 5 rings (SSSR count). The second kappa shape index (κ2) is 7.52. The van der Waals surface area contributed by atoms with Crippen molar-refractivity contribution in [3.63, 3.8) is 0 Å². The van der Waals surface area contributed by atoms with Crippen molar-refractivity contribution in [1.29, 1.82) is 0 Å². The molecule has 0 radical (unpaired) electrons. The van der Waals surface area contributed by atoms with E-state index < -0.39 is 17.7 Å². The van der Waals surface area contributed by atoms with Crippen LogP contribution in [-0.2, 0) is 4.74 Å². The Hall–Kier alpha value is -3.47. The highest BCUT2D eigenvalue weighted by molar-refractivity contribution is 5.88. The number of carbonyl (C=O) groups excluding carboxylic acids is 1. The summed E-state index contributed by atoms with van der Waals surface area (Å²) in [4.78, 5) is 13.0. The molecule has 1 saturated heterocycles. The van der Waals surface area contributed by atoms with Gasteiger partial charge in [0, 0.05) is 16.4 Å². The zero-order valence-electron chi connectivity index (χ0n) is 19.7. The van der Waals surface area contributed by atoms with Gasteiger partial charge in [0.15, 0.2) is 0 Å². The topological polar surface area (TPSA) is 38.3 Å². The molecule has 0 aromatic heterocycles. The quantitative estimate of drug-likeness (QED) is 0.456. The van der Waals surface area contributed by atoms with E-state index in [9.17, 15) is 13.6 Å². The lowest BCUT2D eigenvalue weighted by molar-refractivity contribution is 0.0463. The van der Waals surface area contributed by atoms with Crippen molar-refractivity contribution in [2.75, 3.05) is 0 Å². The number of ether oxygens (including phenoxy) is 1. The SMILES string of the molecule is CC1(C)C(C)(C)C12OC(=O)NC(c1ccccc1)C2=C(c1ccc(F)cc1)c1ccc(F)cc1. The molecule has 1 aliphatic carbocycles. The Morgan fingerprint density at radius 3 is 1.68 bits per heavy atom. The molecular weight excluding hydrogens is 432 g/mol. The lowest BCUT2D eigenvalue weighted by Gasteiger charge is -2.39. The number of nitrogens with one attached hydrogen (secondary N) is 1. The average Bonchev–Trinajstić information content (AvgIpc) is 3.15. The van der Waals surface area contributed by atoms with E-state index in [0.717, 1.165) is 27.8 Å². The van der Waals surface area contributed by atoms with Crippen molar-refractivity contribution in [3.8, 4) is 0 Å². The van der Waals surface area contributed by atoms with Crippen molar-refractivity contribution in [3.05, 3.63) is 113 Å². The van der Waals surface area contributed by atoms with Crippen LogP contribution in [0.25, 0.3) is 5.57 Å². The molecule has 2 fully saturated rings. The molecule has 1 N–H and O–H groups in total. The van der Waals surface area contributed by atoms with Gasteiger partial charge in [-0.2, -0.15) is 0 Å². The lowest BCUT2D eigenvalue weighted by Crippen LogP contribution is -2.47. The molecule has 1 aliphatic heterocycles. The van der Waals surface area contributed by atoms with Crippen LogP contribution in [0.5, 0.6) is 0 Å². The standard InChI is InChI=1S/C29H27F2NO2/c1-27(2)28(3,4)29(27)24(25(32-26(33)34-29)20-8-6-5-7-9-20)23(18-10-14-21(30)15-11-18)19-12-16-22(31)17-13-19/h5-17,25H,1-4H3,(H,32,33). The van der Waals surface area contributed by atoms with Gasteiger partial charge in [-0.1, -0.05) is 82.3 Å². The third-order valence-corrected chi connectivity index (χ3v) is 8.10. The summed E-state index contributed by atoms with van der Waals surface area (Å²) >= 11 is 0. The minimum atomic E-state index is -0.916. The molecule has 3 aromatic carbocycles. The Morgan fingerprint density at radius 2 is 1.24 bits per heavy atom. The molecule has 34 heavy (non-hydrogen) atoms. The van der Waals surface area contributed by atoms with Crippen LogP contribution in [0.2, 0.25) is 0 Å². The first-order valence-corrected chi connectivity index (χ1v) is 11.4. The molecule has 1 unspecified atom stereocenters. The summed E-state index contributed by atoms with van der Waals surface area (Å²) in [6.45, 7) is 8.39. The van der Waals surface area contributed by atoms with E-state index in [0.29, 0.717) is 0 Å². The van der Waals surface area contributed by atoms with Crippen molar-refractivity contribution in [2.24, 2.45) is 10.8 Å². The van der Waals surface area contributed by atoms with Crippen molar-refractivity contribution >= 4 is 11.7 Å². The minimum Gasteiger partial charge on any atom is -0.437 e. The fourth-order valence-corrected chi connectivity index (χ4v) is 5.73. The number of halogens is 2. The van der Waals surface area contributed by atoms with Gasteiger partial charge in [-0.25, -0.2) is 13.6 Å². The highest BCUT2D eigenvalue weighted by Crippen LogP contribution is 2.78. The van der Waals surface area contributed by atoms with E-state index in [1.807, 2.05) is 30.3 Å². The monoisotopic (exact) mass is 459 g/mol. The molecule has 2 aliphatic rings. The predicted molar refractivity (Wildman–Crippen MR) is 128 cm³/mol. The molecule has 174 valence electrons. The van der Waals surface area contributed by atoms with Crippen LogP contribution in [0.3, 0.4) is 0 Å². The van der Waals surface area contributed by atoms with Crippen molar-refractivity contribution in [2.45, 2.75) is 39.3 Å². The first-order chi connectivity index (χ1) is 16.1. The first-order valence-electron chi connectivity index (χ1n) is 11.4. The van der Waals surface area contributed by atoms with Crippen LogP contribution < -0.4 is 5.32 Å². The number of benzene rings is 3. The summed E-state index contributed by atoms with van der Waals surface area (Å²) in [6, 6.07) is 21.8. The highest BCUT2D eigenvalue weighted by atomic mass is 19.1. The van der Waals surface area contributed by atoms with E-state index >= 15 is 0 Å². The third-order valence-electron chi connectivity index (χ3n) is 8.10. The molecule has 1 spiro atoms. The van der Waals surface area contributed by atoms with Gasteiger partial charge in [0.2, 0.25) is 0 Å². The normalized spacial score (nSPS) is 21.5. The Labute approximate surface area is 198 Å². The minimum absolute atomic E-state index is 0.346. The van der Waals surface area contributed by atoms with Gasteiger partial charge < -0.3 is 10.1 Å². The van der Waals surface area contributed by atoms with Crippen LogP contribution in [0.4, 0.5) is 13.6 Å². The second-order valence-corrected chi connectivity index (χ2v) is 10.1. The predicted octanol–water partition coefficient (Wildman–Crippen LogP) is 7.05. The van der Waals surface area contributed by atoms with Gasteiger partial charge in [0.1, 0.15) is 17.2 Å². The van der Waals surface area contributed by atoms with Gasteiger partial charge in [-0.15, -0.1) is 0 Å². The Bertz CT molecular complexity index is 1210. The molecule has 1 heterocycles. The number of hydrogen-bond donors (Lipinski definition) is 1. The summed E-state index contributed by atoms with van der Waals surface area (Å²) in [5, 5.41) is 3.03. The molecule has 3 aromatic rings. The lowest BCUT2D eigenvalue weighted by atomic mass is 9.79. The number of amides is 1. The maximum atomic E-state index is 13.9. The summed E-state index contributed by atoms with van der Waals surface area (Å²) in [7, 11) is 0. The molecular formula is C29H27F2NO2. The molecule has 1 saturated carbocycles. The molecule has 3 nitrogen and oxygen atoms in total. The molecule has 5 heteroatoms. The van der Waals surface area contributed by atoms with Crippen LogP contribution in [0.1, 0.15) is 50.4 Å². The van der Waals surface area contributed by atoms with Gasteiger partial charge in [-0.05, 0) is 46.5 Å². The van der Waals surface area contributed by atoms with E-state index in [2.05, 4.69) is 33.0 Å². The Morgan fingerprint density at radius 1 is 0.765 bits per heavy atom. The maximum absolute atomic E-state index is 13.9. The van der Waals surface area contributed by atoms with Crippen molar-refractivity contribution in [1.82, 2.24) is 5.32 Å². The second-order valence-electron chi connectivity index (χ2n) is 10.1. The molecule has 0 bridgehead atoms. The average molecular weight is 460 g/mol. The van der Waals surface area contributed by atoms with Crippen molar-refractivity contribution < 1.29 is 18.3 Å². The van der Waals surface area contributed by atoms with E-state index in [1.54, 1.807) is 24.3 Å². The number of carbonyl (C=O) groups is 1. The van der Waals surface area contributed by atoms with Crippen LogP contribution in [-0.4, -0.2) is 11.7 Å². The maximum Gasteiger partial charge on any atom is 0.408 e. The van der Waals surface area contributed by atoms with Crippen LogP contribution >= 0.6 is 0 Å². The summed E-state index contributed by atoms with van der Waals surface area (Å²) < 4.78 is 34.0. The van der Waals surface area contributed by atoms with Gasteiger partial charge in [0.05, 0.1) is 6.04 Å². The smallest absolute Gasteiger partial charge is 0.408 e. The number of hydrogen-bond acceptors (Lipinski definition) is 2. The van der Waals surface area contributed by atoms with Gasteiger partial charge in [0.25, 0.3) is 0 Å². The summed E-state index contributed by atoms with van der Waals surface area (Å²) in [6.07, 6.45) is -0.478. The van der Waals surface area contributed by atoms with Gasteiger partial charge >= 0.3 is 6.09 Å². The van der Waals surface area contributed by atoms with Crippen LogP contribution in [0, 0.1) is 22.5 Å². The highest BCUT2D eigenvalue weighted by Gasteiger charge is 2.84. The summed E-state index contributed by atoms with van der Waals surface area (Å²) in [5.41, 5.74) is 2.44. The zero-order chi connectivity index (χ0) is 24.3.